The van der Waals surface area contributed by atoms with E-state index in [-0.39, 0.29) is 12.6 Å². The summed E-state index contributed by atoms with van der Waals surface area (Å²) >= 11 is 17.9. The summed E-state index contributed by atoms with van der Waals surface area (Å²) in [7, 11) is 0. The van der Waals surface area contributed by atoms with Gasteiger partial charge in [-0.2, -0.15) is 0 Å². The number of hydrogen-bond acceptors (Lipinski definition) is 4. The van der Waals surface area contributed by atoms with Crippen LogP contribution in [0.25, 0.3) is 0 Å². The molecular formula is C16H18Cl2N2O3S. The van der Waals surface area contributed by atoms with E-state index in [9.17, 15) is 4.79 Å². The van der Waals surface area contributed by atoms with E-state index in [0.717, 1.165) is 0 Å². The lowest BCUT2D eigenvalue weighted by molar-refractivity contribution is -0.174. The van der Waals surface area contributed by atoms with Crippen LogP contribution < -0.4 is 10.1 Å². The fourth-order valence-corrected chi connectivity index (χ4v) is 4.50. The number of nitrogens with zero attached hydrogens (tertiary/aromatic N) is 1. The fourth-order valence-electron chi connectivity index (χ4n) is 3.52. The molecule has 3 rings (SSSR count). The van der Waals surface area contributed by atoms with E-state index in [4.69, 9.17) is 44.9 Å². The standard InChI is InChI=1S/C16H18Cl2N2O3S/c1-4-20-15(24)19-12-9-6-8(17)7-10(18)13(9)23-16(20,3)11(12)14(21)22-5-2/h6-7,11-12H,4-5H2,1-3H3,(H,19,24)/t11-,12+,16-/m0/s1. The second-order valence-electron chi connectivity index (χ2n) is 5.86. The van der Waals surface area contributed by atoms with Crippen LogP contribution in [0.2, 0.25) is 10.0 Å². The topological polar surface area (TPSA) is 50.8 Å². The zero-order valence-electron chi connectivity index (χ0n) is 13.6. The van der Waals surface area contributed by atoms with E-state index in [1.54, 1.807) is 19.1 Å². The van der Waals surface area contributed by atoms with Gasteiger partial charge < -0.3 is 19.7 Å². The first-order valence-corrected chi connectivity index (χ1v) is 8.92. The highest BCUT2D eigenvalue weighted by Gasteiger charge is 2.59. The maximum Gasteiger partial charge on any atom is 0.317 e. The monoisotopic (exact) mass is 388 g/mol. The second-order valence-corrected chi connectivity index (χ2v) is 7.09. The molecule has 130 valence electrons. The number of rotatable bonds is 3. The van der Waals surface area contributed by atoms with Gasteiger partial charge in [0.15, 0.2) is 10.8 Å². The van der Waals surface area contributed by atoms with E-state index in [0.29, 0.717) is 33.0 Å². The van der Waals surface area contributed by atoms with Crippen LogP contribution >= 0.6 is 35.4 Å². The molecule has 0 unspecified atom stereocenters. The molecule has 24 heavy (non-hydrogen) atoms. The fraction of sp³-hybridized carbons (Fsp3) is 0.500. The third kappa shape index (κ3) is 2.52. The van der Waals surface area contributed by atoms with E-state index < -0.39 is 17.7 Å². The highest BCUT2D eigenvalue weighted by molar-refractivity contribution is 7.80. The van der Waals surface area contributed by atoms with Crippen molar-refractivity contribution in [3.05, 3.63) is 27.7 Å². The van der Waals surface area contributed by atoms with Gasteiger partial charge in [-0.05, 0) is 45.1 Å². The number of benzene rings is 1. The molecule has 2 heterocycles. The van der Waals surface area contributed by atoms with Gasteiger partial charge in [0, 0.05) is 17.1 Å². The Bertz CT molecular complexity index is 715. The first kappa shape index (κ1) is 17.6. The molecule has 1 N–H and O–H groups in total. The number of nitrogens with one attached hydrogen (secondary N) is 1. The number of carbonyl (C=O) groups is 1. The Labute approximate surface area is 156 Å². The Morgan fingerprint density at radius 1 is 1.46 bits per heavy atom. The lowest BCUT2D eigenvalue weighted by Gasteiger charge is -2.55. The molecule has 8 heteroatoms. The SMILES string of the molecule is CCOC(=O)[C@@H]1[C@@H]2NC(=S)N(CC)[C@@]1(C)Oc1c(Cl)cc(Cl)cc12. The largest absolute Gasteiger partial charge is 0.466 e. The van der Waals surface area contributed by atoms with E-state index in [2.05, 4.69) is 5.32 Å². The second kappa shape index (κ2) is 6.24. The molecule has 2 bridgehead atoms. The Balaban J connectivity index is 2.20. The first-order chi connectivity index (χ1) is 11.3. The van der Waals surface area contributed by atoms with Crippen molar-refractivity contribution in [1.29, 1.82) is 0 Å². The highest BCUT2D eigenvalue weighted by atomic mass is 35.5. The maximum atomic E-state index is 12.7. The smallest absolute Gasteiger partial charge is 0.317 e. The normalized spacial score (nSPS) is 27.9. The van der Waals surface area contributed by atoms with E-state index >= 15 is 0 Å². The summed E-state index contributed by atoms with van der Waals surface area (Å²) in [5.74, 6) is -0.436. The van der Waals surface area contributed by atoms with Gasteiger partial charge >= 0.3 is 5.97 Å². The number of carbonyl (C=O) groups excluding carboxylic acids is 1. The summed E-state index contributed by atoms with van der Waals surface area (Å²) in [6.07, 6.45) is 0. The molecule has 1 saturated heterocycles. The molecule has 3 atom stereocenters. The summed E-state index contributed by atoms with van der Waals surface area (Å²) in [5, 5.41) is 4.63. The van der Waals surface area contributed by atoms with Crippen molar-refractivity contribution < 1.29 is 14.3 Å². The number of ether oxygens (including phenoxy) is 2. The molecule has 0 spiro atoms. The van der Waals surface area contributed by atoms with Gasteiger partial charge in [-0.25, -0.2) is 0 Å². The van der Waals surface area contributed by atoms with Gasteiger partial charge in [0.1, 0.15) is 11.7 Å². The van der Waals surface area contributed by atoms with Crippen molar-refractivity contribution in [2.24, 2.45) is 5.92 Å². The summed E-state index contributed by atoms with van der Waals surface area (Å²) in [6, 6.07) is 2.96. The molecule has 2 aliphatic heterocycles. The minimum atomic E-state index is -0.988. The lowest BCUT2D eigenvalue weighted by atomic mass is 9.79. The third-order valence-electron chi connectivity index (χ3n) is 4.51. The first-order valence-electron chi connectivity index (χ1n) is 7.76. The minimum Gasteiger partial charge on any atom is -0.466 e. The van der Waals surface area contributed by atoms with Gasteiger partial charge in [-0.3, -0.25) is 4.79 Å². The van der Waals surface area contributed by atoms with Crippen LogP contribution in [0.1, 0.15) is 32.4 Å². The van der Waals surface area contributed by atoms with Crippen LogP contribution in [0, 0.1) is 5.92 Å². The summed E-state index contributed by atoms with van der Waals surface area (Å²) < 4.78 is 11.5. The zero-order chi connectivity index (χ0) is 17.6. The number of fused-ring (bicyclic) bond motifs is 4. The molecule has 1 fully saturated rings. The summed E-state index contributed by atoms with van der Waals surface area (Å²) in [6.45, 7) is 6.43. The number of thiocarbonyl (C=S) groups is 1. The van der Waals surface area contributed by atoms with Crippen LogP contribution in [0.3, 0.4) is 0 Å². The Morgan fingerprint density at radius 3 is 2.79 bits per heavy atom. The maximum absolute atomic E-state index is 12.7. The molecule has 0 saturated carbocycles. The molecule has 0 aliphatic carbocycles. The molecule has 5 nitrogen and oxygen atoms in total. The average molecular weight is 389 g/mol. The minimum absolute atomic E-state index is 0.290. The van der Waals surface area contributed by atoms with Crippen LogP contribution in [0.15, 0.2) is 12.1 Å². The van der Waals surface area contributed by atoms with Crippen molar-refractivity contribution in [3.63, 3.8) is 0 Å². The third-order valence-corrected chi connectivity index (χ3v) is 5.35. The molecule has 1 aromatic rings. The van der Waals surface area contributed by atoms with Crippen molar-refractivity contribution >= 4 is 46.5 Å². The quantitative estimate of drug-likeness (QED) is 0.631. The van der Waals surface area contributed by atoms with Gasteiger partial charge in [-0.1, -0.05) is 23.2 Å². The molecule has 2 aliphatic rings. The van der Waals surface area contributed by atoms with Crippen molar-refractivity contribution in [2.45, 2.75) is 32.5 Å². The molecule has 0 aromatic heterocycles. The van der Waals surface area contributed by atoms with Crippen molar-refractivity contribution in [1.82, 2.24) is 10.2 Å². The number of halogens is 2. The number of hydrogen-bond donors (Lipinski definition) is 1. The Morgan fingerprint density at radius 2 is 2.17 bits per heavy atom. The van der Waals surface area contributed by atoms with Crippen LogP contribution in [0.4, 0.5) is 0 Å². The van der Waals surface area contributed by atoms with Gasteiger partial charge in [0.25, 0.3) is 0 Å². The molecule has 0 radical (unpaired) electrons. The van der Waals surface area contributed by atoms with Crippen molar-refractivity contribution in [2.75, 3.05) is 13.2 Å². The van der Waals surface area contributed by atoms with E-state index in [1.165, 1.54) is 0 Å². The molecule has 1 aromatic carbocycles. The van der Waals surface area contributed by atoms with Gasteiger partial charge in [0.05, 0.1) is 17.7 Å². The lowest BCUT2D eigenvalue weighted by Crippen LogP contribution is -2.71. The van der Waals surface area contributed by atoms with Crippen LogP contribution in [-0.4, -0.2) is 34.9 Å². The predicted octanol–water partition coefficient (Wildman–Crippen LogP) is 3.53. The van der Waals surface area contributed by atoms with Gasteiger partial charge in [0.2, 0.25) is 0 Å². The zero-order valence-corrected chi connectivity index (χ0v) is 15.9. The van der Waals surface area contributed by atoms with Crippen LogP contribution in [0.5, 0.6) is 5.75 Å². The number of esters is 1. The average Bonchev–Trinajstić information content (AvgIpc) is 2.48. The molecule has 0 amide bonds. The summed E-state index contributed by atoms with van der Waals surface area (Å²) in [5.41, 5.74) is -0.278. The Hall–Kier alpha value is -1.24. The molecular weight excluding hydrogens is 371 g/mol. The highest BCUT2D eigenvalue weighted by Crippen LogP contribution is 2.51. The Kier molecular flexibility index (Phi) is 4.57. The van der Waals surface area contributed by atoms with E-state index in [1.807, 2.05) is 18.7 Å². The van der Waals surface area contributed by atoms with Crippen molar-refractivity contribution in [3.8, 4) is 5.75 Å². The predicted molar refractivity (Wildman–Crippen MR) is 96.5 cm³/mol. The van der Waals surface area contributed by atoms with Crippen LogP contribution in [-0.2, 0) is 9.53 Å². The summed E-state index contributed by atoms with van der Waals surface area (Å²) in [4.78, 5) is 14.5. The van der Waals surface area contributed by atoms with Gasteiger partial charge in [-0.15, -0.1) is 0 Å².